The molecule has 25 heavy (non-hydrogen) atoms. The van der Waals surface area contributed by atoms with Crippen LogP contribution in [0.1, 0.15) is 19.4 Å². The molecule has 128 valence electrons. The highest BCUT2D eigenvalue weighted by atomic mass is 35.5. The molecule has 0 atom stereocenters. The zero-order chi connectivity index (χ0) is 17.6. The van der Waals surface area contributed by atoms with E-state index in [4.69, 9.17) is 11.6 Å². The van der Waals surface area contributed by atoms with Crippen LogP contribution < -0.4 is 10.6 Å². The summed E-state index contributed by atoms with van der Waals surface area (Å²) in [6.07, 6.45) is 1.76. The van der Waals surface area contributed by atoms with E-state index in [-0.39, 0.29) is 6.04 Å². The topological polar surface area (TPSA) is 62.7 Å². The van der Waals surface area contributed by atoms with Crippen molar-refractivity contribution in [2.24, 2.45) is 0 Å². The summed E-state index contributed by atoms with van der Waals surface area (Å²) in [5.41, 5.74) is 2.71. The molecule has 0 unspecified atom stereocenters. The summed E-state index contributed by atoms with van der Waals surface area (Å²) in [6.45, 7) is 4.76. The van der Waals surface area contributed by atoms with Gasteiger partial charge in [0.1, 0.15) is 5.82 Å². The molecule has 3 rings (SSSR count). The number of benzene rings is 1. The summed E-state index contributed by atoms with van der Waals surface area (Å²) >= 11 is 5.93. The third-order valence-electron chi connectivity index (χ3n) is 3.46. The first-order chi connectivity index (χ1) is 12.1. The van der Waals surface area contributed by atoms with Gasteiger partial charge in [0.2, 0.25) is 5.95 Å². The van der Waals surface area contributed by atoms with E-state index in [1.54, 1.807) is 6.20 Å². The molecule has 0 aliphatic heterocycles. The van der Waals surface area contributed by atoms with Gasteiger partial charge >= 0.3 is 0 Å². The third-order valence-corrected chi connectivity index (χ3v) is 3.71. The Morgan fingerprint density at radius 2 is 1.80 bits per heavy atom. The lowest BCUT2D eigenvalue weighted by atomic mass is 10.2. The van der Waals surface area contributed by atoms with Crippen LogP contribution in [-0.4, -0.2) is 21.0 Å². The fourth-order valence-electron chi connectivity index (χ4n) is 2.30. The van der Waals surface area contributed by atoms with Crippen molar-refractivity contribution in [1.82, 2.24) is 15.0 Å². The van der Waals surface area contributed by atoms with Crippen molar-refractivity contribution in [2.75, 3.05) is 10.6 Å². The van der Waals surface area contributed by atoms with Crippen molar-refractivity contribution in [3.8, 4) is 11.4 Å². The third kappa shape index (κ3) is 4.90. The number of nitrogens with zero attached hydrogens (tertiary/aromatic N) is 3. The molecule has 0 bridgehead atoms. The van der Waals surface area contributed by atoms with Crippen molar-refractivity contribution < 1.29 is 0 Å². The molecule has 0 spiro atoms. The molecule has 2 heterocycles. The number of anilines is 2. The molecule has 5 nitrogen and oxygen atoms in total. The molecule has 0 radical (unpaired) electrons. The molecule has 1 aromatic carbocycles. The van der Waals surface area contributed by atoms with Crippen molar-refractivity contribution in [2.45, 2.75) is 26.4 Å². The van der Waals surface area contributed by atoms with Gasteiger partial charge in [-0.05, 0) is 43.7 Å². The molecule has 2 aromatic heterocycles. The first-order valence-electron chi connectivity index (χ1n) is 8.15. The lowest BCUT2D eigenvalue weighted by molar-refractivity contribution is 0.874. The number of nitrogens with one attached hydrogen (secondary N) is 2. The van der Waals surface area contributed by atoms with Crippen molar-refractivity contribution >= 4 is 23.4 Å². The van der Waals surface area contributed by atoms with E-state index in [1.807, 2.05) is 48.5 Å². The van der Waals surface area contributed by atoms with Crippen LogP contribution in [0, 0.1) is 0 Å². The number of halogens is 1. The summed E-state index contributed by atoms with van der Waals surface area (Å²) in [6, 6.07) is 15.6. The van der Waals surface area contributed by atoms with E-state index < -0.39 is 0 Å². The largest absolute Gasteiger partial charge is 0.366 e. The standard InChI is InChI=1S/C19H20ClN5/c1-13(2)23-19-24-17(16-5-3-4-10-21-16)11-18(25-19)22-12-14-6-8-15(20)9-7-14/h3-11,13H,12H2,1-2H3,(H2,22,23,24,25). The Bertz CT molecular complexity index is 819. The Balaban J connectivity index is 1.85. The Labute approximate surface area is 152 Å². The van der Waals surface area contributed by atoms with Gasteiger partial charge in [-0.25, -0.2) is 4.98 Å². The van der Waals surface area contributed by atoms with E-state index in [9.17, 15) is 0 Å². The zero-order valence-corrected chi connectivity index (χ0v) is 15.0. The van der Waals surface area contributed by atoms with E-state index in [2.05, 4.69) is 39.4 Å². The van der Waals surface area contributed by atoms with Gasteiger partial charge < -0.3 is 10.6 Å². The molecule has 3 aromatic rings. The fourth-order valence-corrected chi connectivity index (χ4v) is 2.43. The monoisotopic (exact) mass is 353 g/mol. The molecule has 0 saturated heterocycles. The first-order valence-corrected chi connectivity index (χ1v) is 8.53. The molecule has 0 aliphatic rings. The van der Waals surface area contributed by atoms with Crippen molar-refractivity contribution in [3.05, 3.63) is 65.3 Å². The average molecular weight is 354 g/mol. The maximum atomic E-state index is 5.93. The maximum absolute atomic E-state index is 5.93. The number of rotatable bonds is 6. The van der Waals surface area contributed by atoms with Crippen LogP contribution >= 0.6 is 11.6 Å². The van der Waals surface area contributed by atoms with E-state index in [1.165, 1.54) is 0 Å². The predicted octanol–water partition coefficient (Wildman–Crippen LogP) is 4.62. The Hall–Kier alpha value is -2.66. The minimum absolute atomic E-state index is 0.239. The second-order valence-electron chi connectivity index (χ2n) is 5.96. The summed E-state index contributed by atoms with van der Waals surface area (Å²) < 4.78 is 0. The lowest BCUT2D eigenvalue weighted by Gasteiger charge is -2.13. The van der Waals surface area contributed by atoms with Gasteiger partial charge in [0, 0.05) is 29.9 Å². The van der Waals surface area contributed by atoms with Gasteiger partial charge in [0.15, 0.2) is 0 Å². The zero-order valence-electron chi connectivity index (χ0n) is 14.2. The molecule has 0 fully saturated rings. The summed E-state index contributed by atoms with van der Waals surface area (Å²) in [5.74, 6) is 1.32. The molecular weight excluding hydrogens is 334 g/mol. The second kappa shape index (κ2) is 7.94. The predicted molar refractivity (Wildman–Crippen MR) is 103 cm³/mol. The van der Waals surface area contributed by atoms with Crippen LogP contribution in [0.4, 0.5) is 11.8 Å². The number of hydrogen-bond acceptors (Lipinski definition) is 5. The summed E-state index contributed by atoms with van der Waals surface area (Å²) in [7, 11) is 0. The van der Waals surface area contributed by atoms with E-state index in [0.717, 1.165) is 27.8 Å². The minimum atomic E-state index is 0.239. The Morgan fingerprint density at radius 1 is 1.00 bits per heavy atom. The normalized spacial score (nSPS) is 10.7. The quantitative estimate of drug-likeness (QED) is 0.676. The van der Waals surface area contributed by atoms with Crippen LogP contribution in [0.3, 0.4) is 0 Å². The lowest BCUT2D eigenvalue weighted by Crippen LogP contribution is -2.14. The molecule has 6 heteroatoms. The summed E-state index contributed by atoms with van der Waals surface area (Å²) in [4.78, 5) is 13.5. The number of aromatic nitrogens is 3. The molecule has 0 aliphatic carbocycles. The van der Waals surface area contributed by atoms with E-state index in [0.29, 0.717) is 12.5 Å². The number of pyridine rings is 1. The van der Waals surface area contributed by atoms with Crippen LogP contribution in [0.15, 0.2) is 54.7 Å². The highest BCUT2D eigenvalue weighted by molar-refractivity contribution is 6.30. The van der Waals surface area contributed by atoms with Crippen molar-refractivity contribution in [1.29, 1.82) is 0 Å². The Morgan fingerprint density at radius 3 is 2.48 bits per heavy atom. The average Bonchev–Trinajstić information content (AvgIpc) is 2.61. The van der Waals surface area contributed by atoms with Crippen LogP contribution in [0.2, 0.25) is 5.02 Å². The highest BCUT2D eigenvalue weighted by Crippen LogP contribution is 2.20. The Kier molecular flexibility index (Phi) is 5.46. The molecule has 0 amide bonds. The molecule has 2 N–H and O–H groups in total. The van der Waals surface area contributed by atoms with Gasteiger partial charge in [0.25, 0.3) is 0 Å². The summed E-state index contributed by atoms with van der Waals surface area (Å²) in [5, 5.41) is 7.32. The fraction of sp³-hybridized carbons (Fsp3) is 0.211. The smallest absolute Gasteiger partial charge is 0.225 e. The first kappa shape index (κ1) is 17.2. The van der Waals surface area contributed by atoms with Crippen LogP contribution in [0.5, 0.6) is 0 Å². The SMILES string of the molecule is CC(C)Nc1nc(NCc2ccc(Cl)cc2)cc(-c2ccccn2)n1. The van der Waals surface area contributed by atoms with Gasteiger partial charge in [0.05, 0.1) is 11.4 Å². The molecule has 0 saturated carbocycles. The second-order valence-corrected chi connectivity index (χ2v) is 6.39. The minimum Gasteiger partial charge on any atom is -0.366 e. The van der Waals surface area contributed by atoms with Gasteiger partial charge in [-0.3, -0.25) is 4.98 Å². The highest BCUT2D eigenvalue weighted by Gasteiger charge is 2.08. The molecular formula is C19H20ClN5. The van der Waals surface area contributed by atoms with E-state index >= 15 is 0 Å². The van der Waals surface area contributed by atoms with Crippen LogP contribution in [0.25, 0.3) is 11.4 Å². The maximum Gasteiger partial charge on any atom is 0.225 e. The van der Waals surface area contributed by atoms with Crippen molar-refractivity contribution in [3.63, 3.8) is 0 Å². The van der Waals surface area contributed by atoms with Gasteiger partial charge in [-0.1, -0.05) is 29.8 Å². The van der Waals surface area contributed by atoms with Crippen LogP contribution in [-0.2, 0) is 6.54 Å². The van der Waals surface area contributed by atoms with Gasteiger partial charge in [-0.2, -0.15) is 4.98 Å². The van der Waals surface area contributed by atoms with Gasteiger partial charge in [-0.15, -0.1) is 0 Å². The number of hydrogen-bond donors (Lipinski definition) is 2.